The Bertz CT molecular complexity index is 1300. The van der Waals surface area contributed by atoms with E-state index in [1.165, 1.54) is 6.20 Å². The van der Waals surface area contributed by atoms with Crippen molar-refractivity contribution >= 4 is 28.9 Å². The van der Waals surface area contributed by atoms with Gasteiger partial charge < -0.3 is 24.4 Å². The van der Waals surface area contributed by atoms with Crippen LogP contribution >= 0.6 is 11.8 Å². The molecule has 2 atom stereocenters. The van der Waals surface area contributed by atoms with E-state index in [2.05, 4.69) is 15.6 Å². The second-order valence-corrected chi connectivity index (χ2v) is 11.2. The number of piperidine rings is 1. The minimum atomic E-state index is -2.96. The van der Waals surface area contributed by atoms with Crippen molar-refractivity contribution in [2.45, 2.75) is 61.1 Å². The molecule has 0 spiro atoms. The van der Waals surface area contributed by atoms with E-state index in [9.17, 15) is 18.0 Å². The number of hydrogen-bond acceptors (Lipinski definition) is 6. The van der Waals surface area contributed by atoms with Crippen LogP contribution in [0.2, 0.25) is 0 Å². The van der Waals surface area contributed by atoms with Crippen molar-refractivity contribution in [1.29, 1.82) is 0 Å². The van der Waals surface area contributed by atoms with Gasteiger partial charge >= 0.3 is 0 Å². The van der Waals surface area contributed by atoms with Crippen LogP contribution in [-0.4, -0.2) is 57.8 Å². The molecule has 1 aliphatic carbocycles. The number of likely N-dealkylation sites (tertiary alicyclic amines) is 1. The number of nitrogens with one attached hydrogen (secondary N) is 2. The molecule has 6 rings (SSSR count). The number of aromatic nitrogens is 2. The lowest BCUT2D eigenvalue weighted by atomic mass is 10.0. The number of carbonyl (C=O) groups is 1. The summed E-state index contributed by atoms with van der Waals surface area (Å²) in [5.41, 5.74) is 2.59. The number of hydrogen-bond donors (Lipinski definition) is 2. The second-order valence-electron chi connectivity index (χ2n) is 10.0. The largest absolute Gasteiger partial charge is 0.439 e. The Hall–Kier alpha value is -2.66. The van der Waals surface area contributed by atoms with Crippen LogP contribution in [0.4, 0.5) is 18.9 Å². The molecule has 3 aromatic heterocycles. The van der Waals surface area contributed by atoms with Crippen LogP contribution in [0.25, 0.3) is 17.0 Å². The molecule has 11 heteroatoms. The van der Waals surface area contributed by atoms with E-state index in [0.717, 1.165) is 25.1 Å². The van der Waals surface area contributed by atoms with Gasteiger partial charge in [-0.1, -0.05) is 0 Å². The number of pyridine rings is 1. The minimum absolute atomic E-state index is 0.00948. The van der Waals surface area contributed by atoms with Gasteiger partial charge in [-0.2, -0.15) is 8.78 Å². The highest BCUT2D eigenvalue weighted by Crippen LogP contribution is 2.48. The molecule has 7 nitrogen and oxygen atoms in total. The number of amides is 1. The third kappa shape index (κ3) is 4.58. The maximum Gasteiger partial charge on any atom is 0.299 e. The minimum Gasteiger partial charge on any atom is -0.439 e. The number of halogens is 3. The highest BCUT2D eigenvalue weighted by Gasteiger charge is 2.37. The van der Waals surface area contributed by atoms with Crippen LogP contribution in [-0.2, 0) is 17.8 Å². The van der Waals surface area contributed by atoms with Crippen molar-refractivity contribution in [1.82, 2.24) is 19.6 Å². The predicted molar refractivity (Wildman–Crippen MR) is 131 cm³/mol. The van der Waals surface area contributed by atoms with E-state index in [1.54, 1.807) is 6.07 Å². The Balaban J connectivity index is 1.36. The zero-order valence-electron chi connectivity index (χ0n) is 19.9. The quantitative estimate of drug-likeness (QED) is 0.492. The fourth-order valence-electron chi connectivity index (χ4n) is 4.95. The van der Waals surface area contributed by atoms with Gasteiger partial charge in [0.05, 0.1) is 40.6 Å². The predicted octanol–water partition coefficient (Wildman–Crippen LogP) is 4.71. The smallest absolute Gasteiger partial charge is 0.299 e. The van der Waals surface area contributed by atoms with E-state index in [-0.39, 0.29) is 43.1 Å². The van der Waals surface area contributed by atoms with Crippen molar-refractivity contribution in [2.75, 3.05) is 25.5 Å². The Morgan fingerprint density at radius 3 is 2.92 bits per heavy atom. The molecule has 192 valence electrons. The van der Waals surface area contributed by atoms with Crippen LogP contribution in [0.3, 0.4) is 0 Å². The van der Waals surface area contributed by atoms with E-state index >= 15 is 0 Å². The summed E-state index contributed by atoms with van der Waals surface area (Å²) >= 11 is 0.502. The molecule has 0 aromatic carbocycles. The first-order valence-corrected chi connectivity index (χ1v) is 13.2. The molecule has 2 fully saturated rings. The van der Waals surface area contributed by atoms with Crippen molar-refractivity contribution in [3.05, 3.63) is 35.9 Å². The normalized spacial score (nSPS) is 24.0. The fourth-order valence-corrected chi connectivity index (χ4v) is 6.00. The van der Waals surface area contributed by atoms with Crippen LogP contribution in [0, 0.1) is 5.92 Å². The summed E-state index contributed by atoms with van der Waals surface area (Å²) in [4.78, 5) is 18.3. The number of thioether (sulfide) groups is 1. The molecule has 1 saturated heterocycles. The Kier molecular flexibility index (Phi) is 5.94. The third-order valence-corrected chi connectivity index (χ3v) is 8.23. The van der Waals surface area contributed by atoms with Crippen molar-refractivity contribution in [3.8, 4) is 11.5 Å². The van der Waals surface area contributed by atoms with Gasteiger partial charge in [0.25, 0.3) is 5.25 Å². The molecular formula is C25H28F3N5O2S. The molecule has 0 bridgehead atoms. The molecule has 3 aliphatic rings. The Morgan fingerprint density at radius 1 is 1.31 bits per heavy atom. The fraction of sp³-hybridized carbons (Fsp3) is 0.520. The van der Waals surface area contributed by atoms with Gasteiger partial charge in [-0.05, 0) is 62.7 Å². The summed E-state index contributed by atoms with van der Waals surface area (Å²) in [6.07, 6.45) is 2.86. The summed E-state index contributed by atoms with van der Waals surface area (Å²) in [5.74, 6) is 0.740. The average Bonchev–Trinajstić information content (AvgIpc) is 3.51. The van der Waals surface area contributed by atoms with E-state index in [4.69, 9.17) is 4.42 Å². The maximum absolute atomic E-state index is 14.8. The van der Waals surface area contributed by atoms with E-state index in [1.807, 2.05) is 28.5 Å². The molecular weight excluding hydrogens is 491 g/mol. The topological polar surface area (TPSA) is 74.8 Å². The van der Waals surface area contributed by atoms with Gasteiger partial charge in [-0.25, -0.2) is 9.37 Å². The van der Waals surface area contributed by atoms with Gasteiger partial charge in [0.15, 0.2) is 0 Å². The summed E-state index contributed by atoms with van der Waals surface area (Å²) in [5, 5.41) is 3.57. The number of nitrogens with zero attached hydrogens (tertiary/aromatic N) is 3. The number of alkyl halides is 3. The summed E-state index contributed by atoms with van der Waals surface area (Å²) in [6, 6.07) is 5.11. The van der Waals surface area contributed by atoms with Crippen LogP contribution in [0.5, 0.6) is 0 Å². The lowest BCUT2D eigenvalue weighted by Gasteiger charge is -2.33. The average molecular weight is 520 g/mol. The number of rotatable bonds is 6. The summed E-state index contributed by atoms with van der Waals surface area (Å²) in [6.45, 7) is 1.32. The zero-order valence-corrected chi connectivity index (χ0v) is 20.7. The number of anilines is 1. The van der Waals surface area contributed by atoms with Crippen LogP contribution < -0.4 is 10.6 Å². The number of aryl methyl sites for hydroxylation is 1. The van der Waals surface area contributed by atoms with Gasteiger partial charge in [-0.3, -0.25) is 4.79 Å². The third-order valence-electron chi connectivity index (χ3n) is 7.13. The van der Waals surface area contributed by atoms with Crippen molar-refractivity contribution < 1.29 is 22.4 Å². The van der Waals surface area contributed by atoms with Gasteiger partial charge in [0.1, 0.15) is 11.9 Å². The maximum atomic E-state index is 14.8. The molecule has 0 radical (unpaired) electrons. The summed E-state index contributed by atoms with van der Waals surface area (Å²) < 4.78 is 52.0. The lowest BCUT2D eigenvalue weighted by molar-refractivity contribution is -0.122. The highest BCUT2D eigenvalue weighted by molar-refractivity contribution is 8.00. The van der Waals surface area contributed by atoms with Gasteiger partial charge in [0.2, 0.25) is 11.8 Å². The summed E-state index contributed by atoms with van der Waals surface area (Å²) in [7, 11) is 1.90. The molecule has 36 heavy (non-hydrogen) atoms. The SMILES string of the molecule is CN1CC[C@@H](Nc2ccc3n4c(c(-c5ncc(CNC(=O)C6CC6)o5)cc24)SC(F)(F)CC3)[C@@H](F)C1. The van der Waals surface area contributed by atoms with Gasteiger partial charge in [-0.15, -0.1) is 0 Å². The van der Waals surface area contributed by atoms with Crippen molar-refractivity contribution in [2.24, 2.45) is 5.92 Å². The molecule has 5 heterocycles. The van der Waals surface area contributed by atoms with E-state index < -0.39 is 11.4 Å². The molecule has 0 unspecified atom stereocenters. The highest BCUT2D eigenvalue weighted by atomic mass is 32.2. The first-order chi connectivity index (χ1) is 17.3. The first kappa shape index (κ1) is 23.7. The Morgan fingerprint density at radius 2 is 2.14 bits per heavy atom. The lowest BCUT2D eigenvalue weighted by Crippen LogP contribution is -2.46. The molecule has 2 aliphatic heterocycles. The number of carbonyl (C=O) groups excluding carboxylic acids is 1. The van der Waals surface area contributed by atoms with Crippen molar-refractivity contribution in [3.63, 3.8) is 0 Å². The molecule has 3 aromatic rings. The monoisotopic (exact) mass is 519 g/mol. The van der Waals surface area contributed by atoms with Crippen LogP contribution in [0.15, 0.2) is 33.8 Å². The second kappa shape index (κ2) is 9.02. The van der Waals surface area contributed by atoms with E-state index in [0.29, 0.717) is 52.3 Å². The van der Waals surface area contributed by atoms with Gasteiger partial charge in [0, 0.05) is 31.1 Å². The molecule has 2 N–H and O–H groups in total. The zero-order chi connectivity index (χ0) is 25.0. The van der Waals surface area contributed by atoms with Crippen LogP contribution in [0.1, 0.15) is 37.1 Å². The molecule has 1 amide bonds. The first-order valence-electron chi connectivity index (χ1n) is 12.3. The molecule has 1 saturated carbocycles. The standard InChI is InChI=1S/C25H28F3N5O2S/c1-32-9-7-19(18(26)13-32)31-20-5-4-15-6-8-25(27,28)36-24-17(10-21(20)33(15)24)23-30-12-16(35-23)11-29-22(34)14-2-3-14/h4-5,10,12,14,18-19,31H,2-3,6-9,11,13H2,1H3,(H,29,34)/t18-,19+/m0/s1. The Labute approximate surface area is 210 Å². The number of oxazole rings is 1.